The SMILES string of the molecule is CNC(=O)C1COCCN1c1ccc(CN)cc1C#N. The lowest BCUT2D eigenvalue weighted by Gasteiger charge is -2.36. The summed E-state index contributed by atoms with van der Waals surface area (Å²) in [6, 6.07) is 7.26. The first-order valence-electron chi connectivity index (χ1n) is 6.50. The average Bonchev–Trinajstić information content (AvgIpc) is 2.53. The van der Waals surface area contributed by atoms with Gasteiger partial charge in [-0.05, 0) is 17.7 Å². The van der Waals surface area contributed by atoms with Crippen molar-refractivity contribution in [3.63, 3.8) is 0 Å². The van der Waals surface area contributed by atoms with Crippen LogP contribution in [0.2, 0.25) is 0 Å². The Kier molecular flexibility index (Phi) is 4.56. The van der Waals surface area contributed by atoms with Gasteiger partial charge in [0.1, 0.15) is 12.1 Å². The quantitative estimate of drug-likeness (QED) is 0.807. The Morgan fingerprint density at radius 3 is 3.10 bits per heavy atom. The van der Waals surface area contributed by atoms with E-state index in [1.165, 1.54) is 0 Å². The number of amides is 1. The molecule has 1 unspecified atom stereocenters. The second kappa shape index (κ2) is 6.37. The molecule has 1 aromatic carbocycles. The summed E-state index contributed by atoms with van der Waals surface area (Å²) in [5, 5.41) is 11.9. The maximum atomic E-state index is 11.9. The Balaban J connectivity index is 2.37. The third kappa shape index (κ3) is 2.74. The molecule has 0 spiro atoms. The molecule has 1 atom stereocenters. The zero-order valence-electron chi connectivity index (χ0n) is 11.4. The van der Waals surface area contributed by atoms with Crippen LogP contribution in [0.3, 0.4) is 0 Å². The minimum absolute atomic E-state index is 0.114. The second-order valence-electron chi connectivity index (χ2n) is 4.57. The van der Waals surface area contributed by atoms with E-state index in [4.69, 9.17) is 10.5 Å². The van der Waals surface area contributed by atoms with Crippen molar-refractivity contribution in [2.45, 2.75) is 12.6 Å². The van der Waals surface area contributed by atoms with E-state index >= 15 is 0 Å². The fourth-order valence-corrected chi connectivity index (χ4v) is 2.33. The summed E-state index contributed by atoms with van der Waals surface area (Å²) in [5.74, 6) is -0.114. The lowest BCUT2D eigenvalue weighted by molar-refractivity contribution is -0.124. The monoisotopic (exact) mass is 274 g/mol. The molecule has 0 radical (unpaired) electrons. The fourth-order valence-electron chi connectivity index (χ4n) is 2.33. The number of morpholine rings is 1. The molecule has 20 heavy (non-hydrogen) atoms. The van der Waals surface area contributed by atoms with Crippen LogP contribution in [0.25, 0.3) is 0 Å². The van der Waals surface area contributed by atoms with Crippen molar-refractivity contribution >= 4 is 11.6 Å². The summed E-state index contributed by atoms with van der Waals surface area (Å²) in [6.07, 6.45) is 0. The van der Waals surface area contributed by atoms with Gasteiger partial charge in [0, 0.05) is 20.1 Å². The molecule has 6 nitrogen and oxygen atoms in total. The molecule has 0 aliphatic carbocycles. The number of nitrogens with one attached hydrogen (secondary N) is 1. The van der Waals surface area contributed by atoms with Crippen LogP contribution in [0.5, 0.6) is 0 Å². The van der Waals surface area contributed by atoms with Crippen LogP contribution in [0.15, 0.2) is 18.2 Å². The van der Waals surface area contributed by atoms with Crippen molar-refractivity contribution in [3.8, 4) is 6.07 Å². The number of carbonyl (C=O) groups is 1. The molecule has 1 aromatic rings. The number of carbonyl (C=O) groups excluding carboxylic acids is 1. The number of nitriles is 1. The minimum atomic E-state index is -0.412. The molecule has 3 N–H and O–H groups in total. The largest absolute Gasteiger partial charge is 0.377 e. The minimum Gasteiger partial charge on any atom is -0.377 e. The number of rotatable bonds is 3. The molecule has 1 fully saturated rings. The molecule has 1 heterocycles. The van der Waals surface area contributed by atoms with Crippen LogP contribution in [0.4, 0.5) is 5.69 Å². The summed E-state index contributed by atoms with van der Waals surface area (Å²) in [4.78, 5) is 13.9. The van der Waals surface area contributed by atoms with Crippen molar-refractivity contribution in [2.75, 3.05) is 31.7 Å². The second-order valence-corrected chi connectivity index (χ2v) is 4.57. The highest BCUT2D eigenvalue weighted by Gasteiger charge is 2.30. The molecule has 1 saturated heterocycles. The van der Waals surface area contributed by atoms with Crippen molar-refractivity contribution in [3.05, 3.63) is 29.3 Å². The third-order valence-electron chi connectivity index (χ3n) is 3.40. The predicted octanol–water partition coefficient (Wildman–Crippen LogP) is -0.0318. The number of benzene rings is 1. The summed E-state index contributed by atoms with van der Waals surface area (Å²) < 4.78 is 5.37. The summed E-state index contributed by atoms with van der Waals surface area (Å²) in [7, 11) is 1.60. The van der Waals surface area contributed by atoms with Gasteiger partial charge in [0.2, 0.25) is 5.91 Å². The Hall–Kier alpha value is -2.10. The average molecular weight is 274 g/mol. The summed E-state index contributed by atoms with van der Waals surface area (Å²) in [5.41, 5.74) is 7.77. The van der Waals surface area contributed by atoms with Gasteiger partial charge in [0.25, 0.3) is 0 Å². The van der Waals surface area contributed by atoms with Crippen LogP contribution in [-0.4, -0.2) is 38.8 Å². The van der Waals surface area contributed by atoms with Gasteiger partial charge in [-0.15, -0.1) is 0 Å². The highest BCUT2D eigenvalue weighted by atomic mass is 16.5. The van der Waals surface area contributed by atoms with Crippen molar-refractivity contribution < 1.29 is 9.53 Å². The van der Waals surface area contributed by atoms with E-state index in [1.807, 2.05) is 17.0 Å². The van der Waals surface area contributed by atoms with E-state index in [-0.39, 0.29) is 5.91 Å². The third-order valence-corrected chi connectivity index (χ3v) is 3.40. The first kappa shape index (κ1) is 14.3. The van der Waals surface area contributed by atoms with Gasteiger partial charge in [0.05, 0.1) is 24.5 Å². The zero-order chi connectivity index (χ0) is 14.5. The molecule has 1 aliphatic heterocycles. The van der Waals surface area contributed by atoms with Crippen molar-refractivity contribution in [2.24, 2.45) is 5.73 Å². The molecule has 1 amide bonds. The van der Waals surface area contributed by atoms with E-state index in [9.17, 15) is 10.1 Å². The number of likely N-dealkylation sites (N-methyl/N-ethyl adjacent to an activating group) is 1. The van der Waals surface area contributed by atoms with Crippen LogP contribution in [0.1, 0.15) is 11.1 Å². The van der Waals surface area contributed by atoms with Crippen LogP contribution in [-0.2, 0) is 16.1 Å². The number of ether oxygens (including phenoxy) is 1. The van der Waals surface area contributed by atoms with Crippen LogP contribution < -0.4 is 16.0 Å². The Bertz CT molecular complexity index is 538. The molecule has 0 saturated carbocycles. The van der Waals surface area contributed by atoms with E-state index < -0.39 is 6.04 Å². The van der Waals surface area contributed by atoms with Gasteiger partial charge in [-0.25, -0.2) is 0 Å². The van der Waals surface area contributed by atoms with Gasteiger partial charge in [-0.2, -0.15) is 5.26 Å². The lowest BCUT2D eigenvalue weighted by Crippen LogP contribution is -2.53. The van der Waals surface area contributed by atoms with Gasteiger partial charge in [-0.1, -0.05) is 6.07 Å². The Morgan fingerprint density at radius 2 is 2.45 bits per heavy atom. The maximum Gasteiger partial charge on any atom is 0.244 e. The molecule has 1 aliphatic rings. The number of hydrogen-bond acceptors (Lipinski definition) is 5. The van der Waals surface area contributed by atoms with Gasteiger partial charge in [-0.3, -0.25) is 4.79 Å². The number of hydrogen-bond donors (Lipinski definition) is 2. The molecule has 2 rings (SSSR count). The number of anilines is 1. The first-order chi connectivity index (χ1) is 9.71. The van der Waals surface area contributed by atoms with Gasteiger partial charge >= 0.3 is 0 Å². The predicted molar refractivity (Wildman–Crippen MR) is 75.1 cm³/mol. The first-order valence-corrected chi connectivity index (χ1v) is 6.50. The molecule has 0 aromatic heterocycles. The molecular weight excluding hydrogens is 256 g/mol. The lowest BCUT2D eigenvalue weighted by atomic mass is 10.1. The smallest absolute Gasteiger partial charge is 0.244 e. The molecular formula is C14H18N4O2. The standard InChI is InChI=1S/C14H18N4O2/c1-17-14(19)13-9-20-5-4-18(13)12-3-2-10(7-15)6-11(12)8-16/h2-3,6,13H,4-5,7,9,15H2,1H3,(H,17,19). The molecule has 6 heteroatoms. The van der Waals surface area contributed by atoms with E-state index in [1.54, 1.807) is 13.1 Å². The number of nitrogens with two attached hydrogens (primary N) is 1. The highest BCUT2D eigenvalue weighted by Crippen LogP contribution is 2.25. The summed E-state index contributed by atoms with van der Waals surface area (Å²) in [6.45, 7) is 1.83. The fraction of sp³-hybridized carbons (Fsp3) is 0.429. The Labute approximate surface area is 118 Å². The van der Waals surface area contributed by atoms with E-state index in [2.05, 4.69) is 11.4 Å². The highest BCUT2D eigenvalue weighted by molar-refractivity contribution is 5.86. The Morgan fingerprint density at radius 1 is 1.65 bits per heavy atom. The zero-order valence-corrected chi connectivity index (χ0v) is 11.4. The summed E-state index contributed by atoms with van der Waals surface area (Å²) >= 11 is 0. The van der Waals surface area contributed by atoms with Gasteiger partial charge in [0.15, 0.2) is 0 Å². The van der Waals surface area contributed by atoms with Crippen LogP contribution in [0, 0.1) is 11.3 Å². The number of nitrogens with zero attached hydrogens (tertiary/aromatic N) is 2. The molecule has 0 bridgehead atoms. The maximum absolute atomic E-state index is 11.9. The van der Waals surface area contributed by atoms with Crippen molar-refractivity contribution in [1.29, 1.82) is 5.26 Å². The molecule has 106 valence electrons. The van der Waals surface area contributed by atoms with E-state index in [0.29, 0.717) is 31.9 Å². The van der Waals surface area contributed by atoms with Gasteiger partial charge < -0.3 is 20.7 Å². The van der Waals surface area contributed by atoms with E-state index in [0.717, 1.165) is 11.3 Å². The normalized spacial score (nSPS) is 18.4. The van der Waals surface area contributed by atoms with Crippen molar-refractivity contribution in [1.82, 2.24) is 5.32 Å². The topological polar surface area (TPSA) is 91.4 Å². The van der Waals surface area contributed by atoms with Crippen LogP contribution >= 0.6 is 0 Å².